The summed E-state index contributed by atoms with van der Waals surface area (Å²) in [4.78, 5) is 11.4. The highest BCUT2D eigenvalue weighted by Gasteiger charge is 2.05. The number of fused-ring (bicyclic) bond motifs is 1. The Kier molecular flexibility index (Phi) is 2.23. The highest BCUT2D eigenvalue weighted by molar-refractivity contribution is 7.19. The summed E-state index contributed by atoms with van der Waals surface area (Å²) >= 11 is 1.45. The number of hydrogen-bond donors (Lipinski definition) is 2. The molecule has 14 heavy (non-hydrogen) atoms. The van der Waals surface area contributed by atoms with Gasteiger partial charge in [0.1, 0.15) is 6.29 Å². The van der Waals surface area contributed by atoms with E-state index in [0.717, 1.165) is 21.2 Å². The highest BCUT2D eigenvalue weighted by atomic mass is 32.1. The van der Waals surface area contributed by atoms with E-state index in [2.05, 4.69) is 0 Å². The quantitative estimate of drug-likeness (QED) is 0.583. The summed E-state index contributed by atoms with van der Waals surface area (Å²) in [6.07, 6.45) is 0.770. The van der Waals surface area contributed by atoms with Crippen molar-refractivity contribution in [2.24, 2.45) is 0 Å². The molecule has 72 valence electrons. The smallest absolute Gasteiger partial charge is 0.150 e. The average molecular weight is 207 g/mol. The number of anilines is 1. The molecule has 4 heteroatoms. The van der Waals surface area contributed by atoms with Crippen molar-refractivity contribution >= 4 is 33.4 Å². The summed E-state index contributed by atoms with van der Waals surface area (Å²) in [7, 11) is 0. The first-order valence-electron chi connectivity index (χ1n) is 4.12. The summed E-state index contributed by atoms with van der Waals surface area (Å²) in [6, 6.07) is 5.27. The third-order valence-electron chi connectivity index (χ3n) is 2.01. The third kappa shape index (κ3) is 1.38. The zero-order valence-corrected chi connectivity index (χ0v) is 8.17. The van der Waals surface area contributed by atoms with Crippen LogP contribution in [0.5, 0.6) is 0 Å². The van der Waals surface area contributed by atoms with Crippen LogP contribution in [0.3, 0.4) is 0 Å². The molecular formula is C10H9NO2S. The molecule has 0 aliphatic heterocycles. The molecule has 2 rings (SSSR count). The molecule has 0 fully saturated rings. The highest BCUT2D eigenvalue weighted by Crippen LogP contribution is 2.31. The number of aliphatic hydroxyl groups is 1. The Balaban J connectivity index is 2.73. The van der Waals surface area contributed by atoms with Crippen molar-refractivity contribution in [3.8, 4) is 0 Å². The minimum Gasteiger partial charge on any atom is -0.398 e. The fourth-order valence-corrected chi connectivity index (χ4v) is 2.33. The number of carbonyl (C=O) groups is 1. The van der Waals surface area contributed by atoms with Crippen molar-refractivity contribution in [2.75, 3.05) is 5.73 Å². The van der Waals surface area contributed by atoms with Gasteiger partial charge in [-0.2, -0.15) is 0 Å². The largest absolute Gasteiger partial charge is 0.398 e. The van der Waals surface area contributed by atoms with Gasteiger partial charge in [0.25, 0.3) is 0 Å². The lowest BCUT2D eigenvalue weighted by atomic mass is 10.1. The molecule has 1 aromatic carbocycles. The fraction of sp³-hybridized carbons (Fsp3) is 0.100. The molecule has 0 bridgehead atoms. The van der Waals surface area contributed by atoms with E-state index < -0.39 is 0 Å². The van der Waals surface area contributed by atoms with Crippen LogP contribution in [0.4, 0.5) is 5.69 Å². The van der Waals surface area contributed by atoms with E-state index in [1.807, 2.05) is 6.07 Å². The Morgan fingerprint density at radius 1 is 1.43 bits per heavy atom. The molecule has 2 aromatic rings. The molecule has 3 nitrogen and oxygen atoms in total. The van der Waals surface area contributed by atoms with Crippen LogP contribution in [-0.2, 0) is 6.61 Å². The molecule has 0 aliphatic carbocycles. The van der Waals surface area contributed by atoms with Crippen molar-refractivity contribution in [1.29, 1.82) is 0 Å². The Labute approximate surface area is 84.8 Å². The van der Waals surface area contributed by atoms with Crippen molar-refractivity contribution in [3.63, 3.8) is 0 Å². The first kappa shape index (κ1) is 9.18. The molecule has 0 spiro atoms. The predicted octanol–water partition coefficient (Wildman–Crippen LogP) is 1.79. The van der Waals surface area contributed by atoms with Gasteiger partial charge in [-0.3, -0.25) is 4.79 Å². The number of thiophene rings is 1. The van der Waals surface area contributed by atoms with Gasteiger partial charge in [0.2, 0.25) is 0 Å². The maximum absolute atomic E-state index is 10.6. The third-order valence-corrected chi connectivity index (χ3v) is 3.19. The van der Waals surface area contributed by atoms with Crippen LogP contribution < -0.4 is 5.73 Å². The van der Waals surface area contributed by atoms with Crippen LogP contribution >= 0.6 is 11.3 Å². The number of rotatable bonds is 2. The zero-order chi connectivity index (χ0) is 10.1. The lowest BCUT2D eigenvalue weighted by molar-refractivity contribution is 0.112. The summed E-state index contributed by atoms with van der Waals surface area (Å²) in [5, 5.41) is 9.87. The molecule has 0 aliphatic rings. The van der Waals surface area contributed by atoms with Crippen LogP contribution in [0.2, 0.25) is 0 Å². The number of nitrogen functional groups attached to an aromatic ring is 1. The van der Waals surface area contributed by atoms with Crippen LogP contribution in [0.25, 0.3) is 10.1 Å². The number of benzene rings is 1. The predicted molar refractivity (Wildman–Crippen MR) is 57.5 cm³/mol. The summed E-state index contributed by atoms with van der Waals surface area (Å²) in [6.45, 7) is 0.00914. The number of carbonyl (C=O) groups excluding carboxylic acids is 1. The van der Waals surface area contributed by atoms with E-state index >= 15 is 0 Å². The van der Waals surface area contributed by atoms with Crippen LogP contribution in [0.1, 0.15) is 15.2 Å². The monoisotopic (exact) mass is 207 g/mol. The van der Waals surface area contributed by atoms with Gasteiger partial charge >= 0.3 is 0 Å². The first-order valence-corrected chi connectivity index (χ1v) is 4.94. The van der Waals surface area contributed by atoms with Crippen molar-refractivity contribution in [3.05, 3.63) is 28.6 Å². The van der Waals surface area contributed by atoms with E-state index in [4.69, 9.17) is 10.8 Å². The number of aliphatic hydroxyl groups excluding tert-OH is 1. The van der Waals surface area contributed by atoms with Crippen LogP contribution in [0.15, 0.2) is 18.2 Å². The topological polar surface area (TPSA) is 63.3 Å². The van der Waals surface area contributed by atoms with Crippen LogP contribution in [-0.4, -0.2) is 11.4 Å². The van der Waals surface area contributed by atoms with E-state index in [-0.39, 0.29) is 6.61 Å². The van der Waals surface area contributed by atoms with Gasteiger partial charge in [-0.25, -0.2) is 0 Å². The first-order chi connectivity index (χ1) is 6.74. The maximum atomic E-state index is 10.6. The van der Waals surface area contributed by atoms with Gasteiger partial charge in [-0.05, 0) is 23.6 Å². The second-order valence-corrected chi connectivity index (χ2v) is 4.15. The molecule has 0 saturated heterocycles. The molecular weight excluding hydrogens is 198 g/mol. The second-order valence-electron chi connectivity index (χ2n) is 3.02. The molecule has 0 radical (unpaired) electrons. The van der Waals surface area contributed by atoms with Gasteiger partial charge in [0, 0.05) is 10.4 Å². The number of aldehydes is 1. The Morgan fingerprint density at radius 2 is 2.21 bits per heavy atom. The van der Waals surface area contributed by atoms with Gasteiger partial charge in [-0.15, -0.1) is 11.3 Å². The molecule has 0 atom stereocenters. The Hall–Kier alpha value is -1.39. The van der Waals surface area contributed by atoms with Gasteiger partial charge < -0.3 is 10.8 Å². The van der Waals surface area contributed by atoms with Gasteiger partial charge in [-0.1, -0.05) is 0 Å². The maximum Gasteiger partial charge on any atom is 0.150 e. The molecule has 1 aromatic heterocycles. The standard InChI is InChI=1S/C10H9NO2S/c11-9-2-6(4-12)1-7-3-8(5-13)14-10(7)9/h1-4,13H,5,11H2. The number of hydrogen-bond acceptors (Lipinski definition) is 4. The Morgan fingerprint density at radius 3 is 2.86 bits per heavy atom. The van der Waals surface area contributed by atoms with Gasteiger partial charge in [0.05, 0.1) is 17.0 Å². The van der Waals surface area contributed by atoms with E-state index in [1.165, 1.54) is 11.3 Å². The summed E-state index contributed by atoms with van der Waals surface area (Å²) < 4.78 is 0.930. The van der Waals surface area contributed by atoms with Crippen LogP contribution in [0, 0.1) is 0 Å². The zero-order valence-electron chi connectivity index (χ0n) is 7.36. The van der Waals surface area contributed by atoms with Crippen molar-refractivity contribution in [2.45, 2.75) is 6.61 Å². The summed E-state index contributed by atoms with van der Waals surface area (Å²) in [5.74, 6) is 0. The summed E-state index contributed by atoms with van der Waals surface area (Å²) in [5.41, 5.74) is 6.93. The lowest BCUT2D eigenvalue weighted by Crippen LogP contribution is -1.87. The molecule has 3 N–H and O–H groups in total. The SMILES string of the molecule is Nc1cc(C=O)cc2cc(CO)sc12. The van der Waals surface area contributed by atoms with E-state index in [0.29, 0.717) is 11.3 Å². The minimum atomic E-state index is 0.00914. The molecule has 0 unspecified atom stereocenters. The Bertz CT molecular complexity index is 490. The minimum absolute atomic E-state index is 0.00914. The van der Waals surface area contributed by atoms with Gasteiger partial charge in [0.15, 0.2) is 0 Å². The molecule has 0 amide bonds. The van der Waals surface area contributed by atoms with Crippen molar-refractivity contribution < 1.29 is 9.90 Å². The van der Waals surface area contributed by atoms with Crippen molar-refractivity contribution in [1.82, 2.24) is 0 Å². The average Bonchev–Trinajstić information content (AvgIpc) is 2.61. The van der Waals surface area contributed by atoms with E-state index in [9.17, 15) is 4.79 Å². The number of nitrogens with two attached hydrogens (primary N) is 1. The fourth-order valence-electron chi connectivity index (χ4n) is 1.40. The second kappa shape index (κ2) is 3.40. The lowest BCUT2D eigenvalue weighted by Gasteiger charge is -1.96. The molecule has 1 heterocycles. The molecule has 0 saturated carbocycles. The normalized spacial score (nSPS) is 10.6. The van der Waals surface area contributed by atoms with E-state index in [1.54, 1.807) is 12.1 Å².